The highest BCUT2D eigenvalue weighted by molar-refractivity contribution is 5.34. The number of aromatic hydroxyl groups is 3. The molecule has 0 saturated heterocycles. The first-order chi connectivity index (χ1) is 11.8. The second-order valence-electron chi connectivity index (χ2n) is 5.96. The van der Waals surface area contributed by atoms with Crippen molar-refractivity contribution in [2.75, 3.05) is 0 Å². The second-order valence-corrected chi connectivity index (χ2v) is 5.96. The standard InChI is InChI=1S/C8H10O.2C7H8O/c1-6-3-4-7(2)8(9)5-6;1-6-2-4-7(8)5-3-6;1-6-3-2-4-7(8)5-6/h3-5,9H,1-2H3;2*2-5,8H,1H3. The minimum Gasteiger partial charge on any atom is -0.508 e. The summed E-state index contributed by atoms with van der Waals surface area (Å²) in [7, 11) is 0. The molecule has 0 radical (unpaired) electrons. The molecule has 0 saturated carbocycles. The van der Waals surface area contributed by atoms with Crippen molar-refractivity contribution < 1.29 is 15.3 Å². The summed E-state index contributed by atoms with van der Waals surface area (Å²) in [5.41, 5.74) is 4.28. The quantitative estimate of drug-likeness (QED) is 0.513. The van der Waals surface area contributed by atoms with Crippen molar-refractivity contribution >= 4 is 0 Å². The zero-order valence-electron chi connectivity index (χ0n) is 15.2. The minimum atomic E-state index is 0.329. The largest absolute Gasteiger partial charge is 0.508 e. The van der Waals surface area contributed by atoms with Crippen LogP contribution < -0.4 is 0 Å². The van der Waals surface area contributed by atoms with E-state index in [0.717, 1.165) is 16.7 Å². The molecule has 0 amide bonds. The summed E-state index contributed by atoms with van der Waals surface area (Å²) in [6.45, 7) is 7.77. The first-order valence-corrected chi connectivity index (χ1v) is 8.05. The van der Waals surface area contributed by atoms with Gasteiger partial charge in [0.1, 0.15) is 17.2 Å². The van der Waals surface area contributed by atoms with Gasteiger partial charge in [0.2, 0.25) is 0 Å². The fraction of sp³-hybridized carbons (Fsp3) is 0.182. The zero-order chi connectivity index (χ0) is 18.8. The first-order valence-electron chi connectivity index (χ1n) is 8.05. The lowest BCUT2D eigenvalue weighted by atomic mass is 10.1. The van der Waals surface area contributed by atoms with Crippen LogP contribution in [0.1, 0.15) is 22.3 Å². The molecule has 3 rings (SSSR count). The Labute approximate surface area is 149 Å². The van der Waals surface area contributed by atoms with Gasteiger partial charge in [0.15, 0.2) is 0 Å². The molecule has 132 valence electrons. The number of aryl methyl sites for hydroxylation is 4. The normalized spacial score (nSPS) is 9.28. The summed E-state index contributed by atoms with van der Waals surface area (Å²) in [6, 6.07) is 19.9. The molecule has 0 atom stereocenters. The third-order valence-corrected chi connectivity index (χ3v) is 3.40. The Morgan fingerprint density at radius 3 is 1.48 bits per heavy atom. The highest BCUT2D eigenvalue weighted by Gasteiger charge is 1.91. The van der Waals surface area contributed by atoms with Gasteiger partial charge in [-0.1, -0.05) is 42.0 Å². The van der Waals surface area contributed by atoms with Gasteiger partial charge in [-0.25, -0.2) is 0 Å². The van der Waals surface area contributed by atoms with Crippen LogP contribution >= 0.6 is 0 Å². The molecular formula is C22H26O3. The number of hydrogen-bond donors (Lipinski definition) is 3. The maximum Gasteiger partial charge on any atom is 0.118 e. The molecule has 3 aromatic rings. The van der Waals surface area contributed by atoms with E-state index in [1.54, 1.807) is 30.3 Å². The summed E-state index contributed by atoms with van der Waals surface area (Å²) in [5, 5.41) is 26.7. The molecule has 0 aromatic heterocycles. The van der Waals surface area contributed by atoms with E-state index in [1.807, 2.05) is 64.1 Å². The molecule has 0 unspecified atom stereocenters. The third kappa shape index (κ3) is 8.47. The van der Waals surface area contributed by atoms with Gasteiger partial charge >= 0.3 is 0 Å². The van der Waals surface area contributed by atoms with Gasteiger partial charge in [-0.3, -0.25) is 0 Å². The van der Waals surface area contributed by atoms with Gasteiger partial charge in [-0.15, -0.1) is 0 Å². The van der Waals surface area contributed by atoms with E-state index in [-0.39, 0.29) is 0 Å². The van der Waals surface area contributed by atoms with Crippen LogP contribution in [0.15, 0.2) is 66.7 Å². The summed E-state index contributed by atoms with van der Waals surface area (Å²) in [4.78, 5) is 0. The van der Waals surface area contributed by atoms with Crippen molar-refractivity contribution in [1.29, 1.82) is 0 Å². The molecule has 3 N–H and O–H groups in total. The number of rotatable bonds is 0. The van der Waals surface area contributed by atoms with E-state index in [9.17, 15) is 0 Å². The van der Waals surface area contributed by atoms with E-state index >= 15 is 0 Å². The molecule has 0 fully saturated rings. The van der Waals surface area contributed by atoms with Crippen LogP contribution in [0.3, 0.4) is 0 Å². The molecular weight excluding hydrogens is 312 g/mol. The van der Waals surface area contributed by atoms with E-state index in [0.29, 0.717) is 17.2 Å². The molecule has 0 bridgehead atoms. The molecule has 0 aliphatic heterocycles. The predicted molar refractivity (Wildman–Crippen MR) is 103 cm³/mol. The van der Waals surface area contributed by atoms with E-state index in [2.05, 4.69) is 0 Å². The molecule has 0 aliphatic rings. The van der Waals surface area contributed by atoms with E-state index in [4.69, 9.17) is 15.3 Å². The highest BCUT2D eigenvalue weighted by Crippen LogP contribution is 2.16. The van der Waals surface area contributed by atoms with Crippen molar-refractivity contribution in [3.8, 4) is 17.2 Å². The van der Waals surface area contributed by atoms with Crippen LogP contribution in [0, 0.1) is 27.7 Å². The highest BCUT2D eigenvalue weighted by atomic mass is 16.3. The van der Waals surface area contributed by atoms with Crippen molar-refractivity contribution in [2.45, 2.75) is 27.7 Å². The number of benzene rings is 3. The first kappa shape index (κ1) is 20.1. The smallest absolute Gasteiger partial charge is 0.118 e. The lowest BCUT2D eigenvalue weighted by molar-refractivity contribution is 0.470. The number of phenolic OH excluding ortho intramolecular Hbond substituents is 3. The maximum absolute atomic E-state index is 9.10. The maximum atomic E-state index is 9.10. The van der Waals surface area contributed by atoms with Gasteiger partial charge in [-0.05, 0) is 74.7 Å². The lowest BCUT2D eigenvalue weighted by Gasteiger charge is -1.97. The second kappa shape index (κ2) is 10.0. The van der Waals surface area contributed by atoms with Crippen LogP contribution in [0.5, 0.6) is 17.2 Å². The van der Waals surface area contributed by atoms with Crippen LogP contribution in [-0.2, 0) is 0 Å². The van der Waals surface area contributed by atoms with Gasteiger partial charge in [-0.2, -0.15) is 0 Å². The van der Waals surface area contributed by atoms with E-state index in [1.165, 1.54) is 5.56 Å². The number of hydrogen-bond acceptors (Lipinski definition) is 3. The Kier molecular flexibility index (Phi) is 8.07. The average molecular weight is 338 g/mol. The minimum absolute atomic E-state index is 0.329. The summed E-state index contributed by atoms with van der Waals surface area (Å²) in [6.07, 6.45) is 0. The van der Waals surface area contributed by atoms with Gasteiger partial charge in [0.05, 0.1) is 0 Å². The Morgan fingerprint density at radius 2 is 1.08 bits per heavy atom. The third-order valence-electron chi connectivity index (χ3n) is 3.40. The van der Waals surface area contributed by atoms with Gasteiger partial charge in [0.25, 0.3) is 0 Å². The molecule has 25 heavy (non-hydrogen) atoms. The van der Waals surface area contributed by atoms with Gasteiger partial charge in [0, 0.05) is 0 Å². The van der Waals surface area contributed by atoms with Crippen molar-refractivity contribution in [1.82, 2.24) is 0 Å². The molecule has 3 nitrogen and oxygen atoms in total. The molecule has 0 aliphatic carbocycles. The fourth-order valence-corrected chi connectivity index (χ4v) is 1.89. The van der Waals surface area contributed by atoms with Crippen LogP contribution in [0.2, 0.25) is 0 Å². The van der Waals surface area contributed by atoms with Crippen molar-refractivity contribution in [3.63, 3.8) is 0 Å². The number of phenols is 3. The Balaban J connectivity index is 0.000000188. The van der Waals surface area contributed by atoms with E-state index < -0.39 is 0 Å². The summed E-state index contributed by atoms with van der Waals surface area (Å²) >= 11 is 0. The predicted octanol–water partition coefficient (Wildman–Crippen LogP) is 5.41. The summed E-state index contributed by atoms with van der Waals surface area (Å²) in [5.74, 6) is 1.05. The van der Waals surface area contributed by atoms with Crippen molar-refractivity contribution in [3.05, 3.63) is 89.0 Å². The average Bonchev–Trinajstić information content (AvgIpc) is 2.55. The topological polar surface area (TPSA) is 60.7 Å². The molecule has 3 aromatic carbocycles. The Morgan fingerprint density at radius 1 is 0.520 bits per heavy atom. The molecule has 3 heteroatoms. The lowest BCUT2D eigenvalue weighted by Crippen LogP contribution is -1.74. The van der Waals surface area contributed by atoms with Crippen LogP contribution in [0.25, 0.3) is 0 Å². The van der Waals surface area contributed by atoms with Crippen molar-refractivity contribution in [2.24, 2.45) is 0 Å². The summed E-state index contributed by atoms with van der Waals surface area (Å²) < 4.78 is 0. The Hall–Kier alpha value is -2.94. The molecule has 0 heterocycles. The monoisotopic (exact) mass is 338 g/mol. The van der Waals surface area contributed by atoms with Gasteiger partial charge < -0.3 is 15.3 Å². The van der Waals surface area contributed by atoms with Crippen LogP contribution in [-0.4, -0.2) is 15.3 Å². The SMILES string of the molecule is Cc1ccc(C)c(O)c1.Cc1ccc(O)cc1.Cc1cccc(O)c1. The Bertz CT molecular complexity index is 739. The van der Waals surface area contributed by atoms with Crippen LogP contribution in [0.4, 0.5) is 0 Å². The zero-order valence-corrected chi connectivity index (χ0v) is 15.2. The molecule has 0 spiro atoms. The fourth-order valence-electron chi connectivity index (χ4n) is 1.89.